The smallest absolute Gasteiger partial charge is 0.310 e. The number of rotatable bonds is 2. The van der Waals surface area contributed by atoms with E-state index in [9.17, 15) is 4.79 Å². The Morgan fingerprint density at radius 1 is 1.20 bits per heavy atom. The zero-order chi connectivity index (χ0) is 14.3. The second-order valence-corrected chi connectivity index (χ2v) is 7.10. The highest BCUT2D eigenvalue weighted by atomic mass is 16.5. The number of ether oxygens (including phenoxy) is 1. The topological polar surface area (TPSA) is 55.6 Å². The fourth-order valence-corrected chi connectivity index (χ4v) is 5.11. The van der Waals surface area contributed by atoms with Gasteiger partial charge in [0.1, 0.15) is 0 Å². The Morgan fingerprint density at radius 2 is 2.00 bits per heavy atom. The quantitative estimate of drug-likeness (QED) is 0.783. The van der Waals surface area contributed by atoms with Crippen molar-refractivity contribution in [2.45, 2.75) is 63.1 Å². The number of piperidine rings is 1. The number of carbonyl (C=O) groups excluding carboxylic acids is 1. The van der Waals surface area contributed by atoms with Crippen molar-refractivity contribution in [2.75, 3.05) is 14.2 Å². The molecule has 2 aliphatic heterocycles. The van der Waals surface area contributed by atoms with Gasteiger partial charge in [0.05, 0.1) is 13.0 Å². The highest BCUT2D eigenvalue weighted by Gasteiger charge is 2.51. The van der Waals surface area contributed by atoms with Crippen LogP contribution >= 0.6 is 0 Å². The summed E-state index contributed by atoms with van der Waals surface area (Å²) in [5.41, 5.74) is 6.17. The van der Waals surface area contributed by atoms with Crippen LogP contribution in [0.1, 0.15) is 44.9 Å². The molecule has 3 unspecified atom stereocenters. The van der Waals surface area contributed by atoms with Gasteiger partial charge in [-0.1, -0.05) is 12.8 Å². The summed E-state index contributed by atoms with van der Waals surface area (Å²) in [6, 6.07) is 1.40. The molecular formula is C16H28N2O2. The van der Waals surface area contributed by atoms with Gasteiger partial charge in [0.15, 0.2) is 0 Å². The number of hydrogen-bond acceptors (Lipinski definition) is 4. The fraction of sp³-hybridized carbons (Fsp3) is 0.938. The Morgan fingerprint density at radius 3 is 2.70 bits per heavy atom. The molecule has 0 amide bonds. The lowest BCUT2D eigenvalue weighted by atomic mass is 9.67. The van der Waals surface area contributed by atoms with Crippen molar-refractivity contribution in [3.63, 3.8) is 0 Å². The van der Waals surface area contributed by atoms with Crippen LogP contribution in [-0.4, -0.2) is 43.2 Å². The summed E-state index contributed by atoms with van der Waals surface area (Å²) in [5, 5.41) is 0. The van der Waals surface area contributed by atoms with E-state index in [1.807, 2.05) is 0 Å². The van der Waals surface area contributed by atoms with E-state index in [1.54, 1.807) is 0 Å². The van der Waals surface area contributed by atoms with Gasteiger partial charge in [-0.2, -0.15) is 0 Å². The van der Waals surface area contributed by atoms with Crippen LogP contribution in [0, 0.1) is 17.8 Å². The van der Waals surface area contributed by atoms with E-state index >= 15 is 0 Å². The van der Waals surface area contributed by atoms with Crippen LogP contribution in [0.25, 0.3) is 0 Å². The first kappa shape index (κ1) is 14.3. The molecule has 0 spiro atoms. The number of hydrogen-bond donors (Lipinski definition) is 1. The van der Waals surface area contributed by atoms with Crippen LogP contribution in [0.2, 0.25) is 0 Å². The molecule has 4 heteroatoms. The monoisotopic (exact) mass is 280 g/mol. The first-order chi connectivity index (χ1) is 9.61. The lowest BCUT2D eigenvalue weighted by molar-refractivity contribution is -0.154. The number of carbonyl (C=O) groups is 1. The molecule has 3 aliphatic rings. The van der Waals surface area contributed by atoms with Gasteiger partial charge in [-0.15, -0.1) is 0 Å². The third kappa shape index (κ3) is 2.37. The highest BCUT2D eigenvalue weighted by Crippen LogP contribution is 2.47. The number of esters is 1. The van der Waals surface area contributed by atoms with Crippen molar-refractivity contribution >= 4 is 5.97 Å². The Balaban J connectivity index is 1.82. The van der Waals surface area contributed by atoms with Crippen LogP contribution in [0.5, 0.6) is 0 Å². The van der Waals surface area contributed by atoms with Crippen LogP contribution in [0.4, 0.5) is 0 Å². The zero-order valence-electron chi connectivity index (χ0n) is 12.8. The molecule has 4 nitrogen and oxygen atoms in total. The van der Waals surface area contributed by atoms with Crippen molar-refractivity contribution < 1.29 is 9.53 Å². The van der Waals surface area contributed by atoms with Crippen molar-refractivity contribution in [3.05, 3.63) is 0 Å². The summed E-state index contributed by atoms with van der Waals surface area (Å²) in [5.74, 6) is 1.19. The summed E-state index contributed by atoms with van der Waals surface area (Å²) in [7, 11) is 3.72. The average Bonchev–Trinajstić information content (AvgIpc) is 2.69. The standard InChI is InChI=1S/C16H28N2O2/c1-18-12-6-7-14(18)15(16(19)20-2)13(9-12)10-4-3-5-11(17)8-10/h10-15H,3-9,17H2,1-2H3/t10?,11?,12-,13-,14?,15+/m1/s1. The third-order valence-electron chi connectivity index (χ3n) is 6.15. The lowest BCUT2D eigenvalue weighted by Gasteiger charge is -2.46. The van der Waals surface area contributed by atoms with Crippen LogP contribution in [0.15, 0.2) is 0 Å². The number of nitrogens with two attached hydrogens (primary N) is 1. The molecule has 6 atom stereocenters. The number of methoxy groups -OCH3 is 1. The Kier molecular flexibility index (Phi) is 4.04. The maximum atomic E-state index is 12.4. The minimum Gasteiger partial charge on any atom is -0.469 e. The van der Waals surface area contributed by atoms with Gasteiger partial charge in [-0.05, 0) is 51.0 Å². The van der Waals surface area contributed by atoms with E-state index in [0.717, 1.165) is 25.7 Å². The van der Waals surface area contributed by atoms with Gasteiger partial charge in [0.25, 0.3) is 0 Å². The molecule has 3 fully saturated rings. The first-order valence-electron chi connectivity index (χ1n) is 8.17. The molecule has 2 bridgehead atoms. The van der Waals surface area contributed by atoms with E-state index < -0.39 is 0 Å². The molecule has 2 N–H and O–H groups in total. The van der Waals surface area contributed by atoms with Gasteiger partial charge in [0, 0.05) is 18.1 Å². The number of fused-ring (bicyclic) bond motifs is 2. The highest BCUT2D eigenvalue weighted by molar-refractivity contribution is 5.74. The minimum absolute atomic E-state index is 0.00587. The Labute approximate surface area is 122 Å². The maximum Gasteiger partial charge on any atom is 0.310 e. The Hall–Kier alpha value is -0.610. The van der Waals surface area contributed by atoms with Crippen LogP contribution in [-0.2, 0) is 9.53 Å². The molecule has 20 heavy (non-hydrogen) atoms. The maximum absolute atomic E-state index is 12.4. The zero-order valence-corrected chi connectivity index (χ0v) is 12.8. The number of nitrogens with zero attached hydrogens (tertiary/aromatic N) is 1. The van der Waals surface area contributed by atoms with Crippen LogP contribution in [0.3, 0.4) is 0 Å². The predicted octanol–water partition coefficient (Wildman–Crippen LogP) is 1.78. The summed E-state index contributed by atoms with van der Waals surface area (Å²) >= 11 is 0. The van der Waals surface area contributed by atoms with E-state index in [0.29, 0.717) is 30.0 Å². The second-order valence-electron chi connectivity index (χ2n) is 7.10. The molecule has 0 aromatic carbocycles. The molecule has 114 valence electrons. The van der Waals surface area contributed by atoms with Gasteiger partial charge in [0.2, 0.25) is 0 Å². The summed E-state index contributed by atoms with van der Waals surface area (Å²) in [6.07, 6.45) is 8.26. The predicted molar refractivity (Wildman–Crippen MR) is 78.1 cm³/mol. The summed E-state index contributed by atoms with van der Waals surface area (Å²) in [4.78, 5) is 14.8. The van der Waals surface area contributed by atoms with Crippen molar-refractivity contribution in [1.82, 2.24) is 4.90 Å². The lowest BCUT2D eigenvalue weighted by Crippen LogP contribution is -2.52. The van der Waals surface area contributed by atoms with E-state index in [1.165, 1.54) is 26.4 Å². The first-order valence-corrected chi connectivity index (χ1v) is 8.17. The molecular weight excluding hydrogens is 252 g/mol. The van der Waals surface area contributed by atoms with Crippen molar-refractivity contribution in [2.24, 2.45) is 23.5 Å². The molecule has 2 heterocycles. The molecule has 3 rings (SSSR count). The van der Waals surface area contributed by atoms with Gasteiger partial charge >= 0.3 is 5.97 Å². The molecule has 0 radical (unpaired) electrons. The SMILES string of the molecule is COC(=O)[C@@H]1C2CC[C@H](C[C@@H]1C1CCCC(N)C1)N2C. The van der Waals surface area contributed by atoms with Crippen LogP contribution < -0.4 is 5.73 Å². The van der Waals surface area contributed by atoms with Gasteiger partial charge < -0.3 is 10.5 Å². The summed E-state index contributed by atoms with van der Waals surface area (Å²) in [6.45, 7) is 0. The van der Waals surface area contributed by atoms with Gasteiger partial charge in [-0.25, -0.2) is 0 Å². The van der Waals surface area contributed by atoms with Crippen molar-refractivity contribution in [1.29, 1.82) is 0 Å². The normalized spacial score (nSPS) is 45.4. The molecule has 2 saturated heterocycles. The average molecular weight is 280 g/mol. The summed E-state index contributed by atoms with van der Waals surface area (Å²) < 4.78 is 5.14. The fourth-order valence-electron chi connectivity index (χ4n) is 5.11. The second kappa shape index (κ2) is 5.64. The minimum atomic E-state index is 0.00587. The third-order valence-corrected chi connectivity index (χ3v) is 6.15. The van der Waals surface area contributed by atoms with E-state index in [4.69, 9.17) is 10.5 Å². The molecule has 0 aromatic heterocycles. The van der Waals surface area contributed by atoms with E-state index in [2.05, 4.69) is 11.9 Å². The largest absolute Gasteiger partial charge is 0.469 e. The molecule has 0 aromatic rings. The molecule has 1 aliphatic carbocycles. The van der Waals surface area contributed by atoms with Crippen molar-refractivity contribution in [3.8, 4) is 0 Å². The van der Waals surface area contributed by atoms with E-state index in [-0.39, 0.29) is 11.9 Å². The van der Waals surface area contributed by atoms with Gasteiger partial charge in [-0.3, -0.25) is 9.69 Å². The molecule has 1 saturated carbocycles. The Bertz CT molecular complexity index is 373.